The van der Waals surface area contributed by atoms with Crippen LogP contribution in [0, 0.1) is 0 Å². The molecule has 3 rings (SSSR count). The second-order valence-corrected chi connectivity index (χ2v) is 3.86. The van der Waals surface area contributed by atoms with Gasteiger partial charge in [0.2, 0.25) is 0 Å². The van der Waals surface area contributed by atoms with Crippen LogP contribution >= 0.6 is 0 Å². The topological polar surface area (TPSA) is 96.4 Å². The van der Waals surface area contributed by atoms with Gasteiger partial charge in [-0.15, -0.1) is 0 Å². The Bertz CT molecular complexity index is 711. The van der Waals surface area contributed by atoms with E-state index in [2.05, 4.69) is 20.7 Å². The molecule has 0 fully saturated rings. The molecule has 3 heterocycles. The number of carbonyl (C=O) groups excluding carboxylic acids is 1. The van der Waals surface area contributed by atoms with E-state index in [0.717, 1.165) is 0 Å². The monoisotopic (exact) mass is 270 g/mol. The van der Waals surface area contributed by atoms with Crippen molar-refractivity contribution >= 4 is 12.1 Å². The van der Waals surface area contributed by atoms with E-state index in [1.807, 2.05) is 0 Å². The van der Waals surface area contributed by atoms with Crippen LogP contribution in [0.4, 0.5) is 0 Å². The molecule has 0 bridgehead atoms. The summed E-state index contributed by atoms with van der Waals surface area (Å²) in [5.41, 5.74) is 3.19. The van der Waals surface area contributed by atoms with Crippen LogP contribution in [0.3, 0.4) is 0 Å². The summed E-state index contributed by atoms with van der Waals surface area (Å²) in [5, 5.41) is 10.4. The summed E-state index contributed by atoms with van der Waals surface area (Å²) < 4.78 is 10.2. The largest absolute Gasteiger partial charge is 0.463 e. The van der Waals surface area contributed by atoms with Gasteiger partial charge in [0.05, 0.1) is 18.7 Å². The molecule has 0 unspecified atom stereocenters. The molecule has 3 aromatic heterocycles. The molecule has 0 spiro atoms. The van der Waals surface area contributed by atoms with Crippen LogP contribution in [-0.4, -0.2) is 22.3 Å². The van der Waals surface area contributed by atoms with Gasteiger partial charge < -0.3 is 8.83 Å². The molecule has 0 saturated carbocycles. The highest BCUT2D eigenvalue weighted by Crippen LogP contribution is 2.17. The van der Waals surface area contributed by atoms with Crippen LogP contribution in [0.15, 0.2) is 56.8 Å². The average molecular weight is 270 g/mol. The number of carbonyl (C=O) groups is 1. The standard InChI is InChI=1S/C13H10N4O3/c18-13(17-14-8-9-3-1-5-19-9)11-7-10(15-16-11)12-4-2-6-20-12/h1-8H,(H,15,16)(H,17,18)/b14-8-. The first-order chi connectivity index (χ1) is 9.83. The number of furan rings is 2. The van der Waals surface area contributed by atoms with Crippen LogP contribution in [-0.2, 0) is 0 Å². The SMILES string of the molecule is O=C(N/N=C\c1ccco1)c1cc(-c2ccco2)[nH]n1. The lowest BCUT2D eigenvalue weighted by Gasteiger charge is -1.93. The van der Waals surface area contributed by atoms with Crippen molar-refractivity contribution in [2.24, 2.45) is 5.10 Å². The van der Waals surface area contributed by atoms with Gasteiger partial charge in [-0.1, -0.05) is 0 Å². The van der Waals surface area contributed by atoms with Gasteiger partial charge >= 0.3 is 0 Å². The van der Waals surface area contributed by atoms with E-state index in [1.54, 1.807) is 36.6 Å². The van der Waals surface area contributed by atoms with Crippen molar-refractivity contribution in [2.45, 2.75) is 0 Å². The fraction of sp³-hybridized carbons (Fsp3) is 0. The van der Waals surface area contributed by atoms with E-state index < -0.39 is 5.91 Å². The first kappa shape index (κ1) is 12.0. The predicted octanol–water partition coefficient (Wildman–Crippen LogP) is 2.03. The number of hydrazone groups is 1. The summed E-state index contributed by atoms with van der Waals surface area (Å²) in [6, 6.07) is 8.55. The average Bonchev–Trinajstić information content (AvgIpc) is 3.20. The van der Waals surface area contributed by atoms with Crippen molar-refractivity contribution < 1.29 is 13.6 Å². The van der Waals surface area contributed by atoms with Crippen molar-refractivity contribution in [1.29, 1.82) is 0 Å². The van der Waals surface area contributed by atoms with E-state index in [0.29, 0.717) is 17.2 Å². The third-order valence-electron chi connectivity index (χ3n) is 2.50. The van der Waals surface area contributed by atoms with Gasteiger partial charge in [0.25, 0.3) is 5.91 Å². The molecule has 0 aliphatic rings. The molecule has 0 aliphatic heterocycles. The van der Waals surface area contributed by atoms with Gasteiger partial charge in [-0.2, -0.15) is 10.2 Å². The Morgan fingerprint density at radius 3 is 2.90 bits per heavy atom. The number of rotatable bonds is 4. The number of hydrogen-bond acceptors (Lipinski definition) is 5. The summed E-state index contributed by atoms with van der Waals surface area (Å²) in [6.07, 6.45) is 4.47. The highest BCUT2D eigenvalue weighted by atomic mass is 16.3. The lowest BCUT2D eigenvalue weighted by molar-refractivity contribution is 0.0950. The van der Waals surface area contributed by atoms with E-state index in [-0.39, 0.29) is 5.69 Å². The number of nitrogens with zero attached hydrogens (tertiary/aromatic N) is 2. The summed E-state index contributed by atoms with van der Waals surface area (Å²) in [7, 11) is 0. The summed E-state index contributed by atoms with van der Waals surface area (Å²) in [4.78, 5) is 11.8. The number of aromatic nitrogens is 2. The number of hydrogen-bond donors (Lipinski definition) is 2. The zero-order chi connectivity index (χ0) is 13.8. The van der Waals surface area contributed by atoms with E-state index in [9.17, 15) is 4.79 Å². The Morgan fingerprint density at radius 2 is 2.15 bits per heavy atom. The van der Waals surface area contributed by atoms with Gasteiger partial charge in [0.15, 0.2) is 11.5 Å². The van der Waals surface area contributed by atoms with E-state index in [1.165, 1.54) is 12.5 Å². The number of nitrogens with one attached hydrogen (secondary N) is 2. The zero-order valence-corrected chi connectivity index (χ0v) is 10.2. The van der Waals surface area contributed by atoms with E-state index in [4.69, 9.17) is 8.83 Å². The maximum Gasteiger partial charge on any atom is 0.291 e. The molecule has 0 radical (unpaired) electrons. The predicted molar refractivity (Wildman–Crippen MR) is 70.1 cm³/mol. The quantitative estimate of drug-likeness (QED) is 0.560. The van der Waals surface area contributed by atoms with Crippen molar-refractivity contribution in [3.8, 4) is 11.5 Å². The molecule has 100 valence electrons. The fourth-order valence-corrected chi connectivity index (χ4v) is 1.57. The summed E-state index contributed by atoms with van der Waals surface area (Å²) >= 11 is 0. The molecule has 0 aliphatic carbocycles. The lowest BCUT2D eigenvalue weighted by Crippen LogP contribution is -2.17. The smallest absolute Gasteiger partial charge is 0.291 e. The Hall–Kier alpha value is -3.09. The normalized spacial score (nSPS) is 11.0. The number of aromatic amines is 1. The van der Waals surface area contributed by atoms with Gasteiger partial charge in [-0.3, -0.25) is 9.89 Å². The van der Waals surface area contributed by atoms with Crippen LogP contribution < -0.4 is 5.43 Å². The molecule has 1 amide bonds. The first-order valence-electron chi connectivity index (χ1n) is 5.79. The van der Waals surface area contributed by atoms with Gasteiger partial charge in [-0.05, 0) is 24.3 Å². The van der Waals surface area contributed by atoms with Gasteiger partial charge in [-0.25, -0.2) is 5.43 Å². The van der Waals surface area contributed by atoms with Crippen molar-refractivity contribution in [3.05, 3.63) is 54.3 Å². The highest BCUT2D eigenvalue weighted by Gasteiger charge is 2.11. The molecule has 3 aromatic rings. The van der Waals surface area contributed by atoms with Crippen molar-refractivity contribution in [1.82, 2.24) is 15.6 Å². The summed E-state index contributed by atoms with van der Waals surface area (Å²) in [5.74, 6) is 0.723. The van der Waals surface area contributed by atoms with Crippen LogP contribution in [0.2, 0.25) is 0 Å². The molecule has 2 N–H and O–H groups in total. The number of amides is 1. The van der Waals surface area contributed by atoms with Crippen molar-refractivity contribution in [3.63, 3.8) is 0 Å². The molecule has 7 nitrogen and oxygen atoms in total. The molecular weight excluding hydrogens is 260 g/mol. The Kier molecular flexibility index (Phi) is 3.15. The van der Waals surface area contributed by atoms with Crippen molar-refractivity contribution in [2.75, 3.05) is 0 Å². The minimum atomic E-state index is -0.429. The molecule has 0 atom stereocenters. The third-order valence-corrected chi connectivity index (χ3v) is 2.50. The third kappa shape index (κ3) is 2.51. The molecular formula is C13H10N4O3. The molecule has 0 aromatic carbocycles. The Morgan fingerprint density at radius 1 is 1.30 bits per heavy atom. The Balaban J connectivity index is 1.66. The summed E-state index contributed by atoms with van der Waals surface area (Å²) in [6.45, 7) is 0. The maximum absolute atomic E-state index is 11.8. The molecule has 20 heavy (non-hydrogen) atoms. The maximum atomic E-state index is 11.8. The zero-order valence-electron chi connectivity index (χ0n) is 10.2. The molecule has 0 saturated heterocycles. The molecule has 7 heteroatoms. The number of H-pyrrole nitrogens is 1. The minimum Gasteiger partial charge on any atom is -0.463 e. The fourth-order valence-electron chi connectivity index (χ4n) is 1.57. The lowest BCUT2D eigenvalue weighted by atomic mass is 10.3. The van der Waals surface area contributed by atoms with Gasteiger partial charge in [0, 0.05) is 6.07 Å². The second kappa shape index (κ2) is 5.27. The van der Waals surface area contributed by atoms with E-state index >= 15 is 0 Å². The van der Waals surface area contributed by atoms with Crippen LogP contribution in [0.5, 0.6) is 0 Å². The van der Waals surface area contributed by atoms with Gasteiger partial charge in [0.1, 0.15) is 11.5 Å². The van der Waals surface area contributed by atoms with Crippen LogP contribution in [0.1, 0.15) is 16.2 Å². The highest BCUT2D eigenvalue weighted by molar-refractivity contribution is 5.93. The first-order valence-corrected chi connectivity index (χ1v) is 5.79. The minimum absolute atomic E-state index is 0.216. The van der Waals surface area contributed by atoms with Crippen LogP contribution in [0.25, 0.3) is 11.5 Å². The Labute approximate surface area is 113 Å². The second-order valence-electron chi connectivity index (χ2n) is 3.86.